The molecule has 0 saturated heterocycles. The molecule has 0 spiro atoms. The maximum atomic E-state index is 11.8. The average molecular weight is 518 g/mol. The lowest BCUT2D eigenvalue weighted by Crippen LogP contribution is -2.39. The van der Waals surface area contributed by atoms with Crippen LogP contribution in [0, 0.1) is 5.92 Å². The Morgan fingerprint density at radius 3 is 2.38 bits per heavy atom. The van der Waals surface area contributed by atoms with Gasteiger partial charge in [0.1, 0.15) is 5.60 Å². The summed E-state index contributed by atoms with van der Waals surface area (Å²) in [7, 11) is 1.76. The second-order valence-corrected chi connectivity index (χ2v) is 8.02. The Morgan fingerprint density at radius 2 is 1.79 bits per heavy atom. The fourth-order valence-electron chi connectivity index (χ4n) is 2.50. The number of nitrogens with zero attached hydrogens (tertiary/aromatic N) is 1. The van der Waals surface area contributed by atoms with Gasteiger partial charge in [-0.25, -0.2) is 4.79 Å². The highest BCUT2D eigenvalue weighted by molar-refractivity contribution is 14.0. The minimum absolute atomic E-state index is 0. The van der Waals surface area contributed by atoms with E-state index in [2.05, 4.69) is 20.9 Å². The lowest BCUT2D eigenvalue weighted by Gasteiger charge is -2.19. The third-order valence-corrected chi connectivity index (χ3v) is 4.12. The number of halogens is 1. The van der Waals surface area contributed by atoms with Crippen molar-refractivity contribution >= 4 is 41.7 Å². The molecule has 0 radical (unpaired) electrons. The van der Waals surface area contributed by atoms with Gasteiger partial charge in [0.2, 0.25) is 0 Å². The summed E-state index contributed by atoms with van der Waals surface area (Å²) in [6, 6.07) is 7.75. The van der Waals surface area contributed by atoms with E-state index in [1.54, 1.807) is 7.05 Å². The van der Waals surface area contributed by atoms with Crippen molar-refractivity contribution in [3.63, 3.8) is 0 Å². The van der Waals surface area contributed by atoms with Crippen LogP contribution >= 0.6 is 24.0 Å². The van der Waals surface area contributed by atoms with Gasteiger partial charge in [0.05, 0.1) is 6.61 Å². The van der Waals surface area contributed by atoms with Crippen LogP contribution in [0.1, 0.15) is 39.2 Å². The van der Waals surface area contributed by atoms with Crippen LogP contribution in [-0.2, 0) is 15.9 Å². The fourth-order valence-corrected chi connectivity index (χ4v) is 2.50. The Hall–Kier alpha value is -1.55. The van der Waals surface area contributed by atoms with Crippen LogP contribution in [-0.4, -0.2) is 51.0 Å². The summed E-state index contributed by atoms with van der Waals surface area (Å²) in [5, 5.41) is 9.28. The lowest BCUT2D eigenvalue weighted by molar-refractivity contribution is 0.0636. The van der Waals surface area contributed by atoms with Crippen molar-refractivity contribution in [1.29, 1.82) is 0 Å². The summed E-state index contributed by atoms with van der Waals surface area (Å²) in [4.78, 5) is 16.0. The van der Waals surface area contributed by atoms with Gasteiger partial charge in [-0.1, -0.05) is 12.1 Å². The van der Waals surface area contributed by atoms with E-state index in [0.29, 0.717) is 6.61 Å². The second-order valence-electron chi connectivity index (χ2n) is 8.02. The molecular weight excluding hydrogens is 483 g/mol. The Kier molecular flexibility index (Phi) is 11.3. The van der Waals surface area contributed by atoms with E-state index in [1.165, 1.54) is 18.4 Å². The molecule has 1 amide bonds. The minimum atomic E-state index is -0.508. The number of ether oxygens (including phenoxy) is 2. The van der Waals surface area contributed by atoms with Crippen LogP contribution in [0.5, 0.6) is 0 Å². The molecule has 1 fully saturated rings. The van der Waals surface area contributed by atoms with E-state index < -0.39 is 11.7 Å². The number of guanidine groups is 1. The average Bonchev–Trinajstić information content (AvgIpc) is 3.44. The van der Waals surface area contributed by atoms with Gasteiger partial charge in [0, 0.05) is 32.4 Å². The largest absolute Gasteiger partial charge is 0.444 e. The molecule has 2 rings (SSSR count). The summed E-state index contributed by atoms with van der Waals surface area (Å²) >= 11 is 0. The van der Waals surface area contributed by atoms with Crippen molar-refractivity contribution < 1.29 is 14.3 Å². The van der Waals surface area contributed by atoms with Crippen molar-refractivity contribution in [2.75, 3.05) is 38.7 Å². The molecule has 1 aromatic rings. The maximum Gasteiger partial charge on any atom is 0.412 e. The molecule has 8 heteroatoms. The third kappa shape index (κ3) is 11.9. The number of carbonyl (C=O) groups is 1. The van der Waals surface area contributed by atoms with Gasteiger partial charge >= 0.3 is 6.09 Å². The Balaban J connectivity index is 0.00000420. The predicted octanol–water partition coefficient (Wildman–Crippen LogP) is 3.79. The first kappa shape index (κ1) is 25.5. The predicted molar refractivity (Wildman–Crippen MR) is 128 cm³/mol. The first-order valence-electron chi connectivity index (χ1n) is 9.97. The van der Waals surface area contributed by atoms with Crippen molar-refractivity contribution in [1.82, 2.24) is 10.6 Å². The molecule has 1 aliphatic rings. The number of aliphatic imine (C=N–C) groups is 1. The zero-order valence-electron chi connectivity index (χ0n) is 17.9. The molecule has 0 atom stereocenters. The number of hydrogen-bond donors (Lipinski definition) is 3. The van der Waals surface area contributed by atoms with E-state index in [9.17, 15) is 4.79 Å². The molecule has 1 saturated carbocycles. The van der Waals surface area contributed by atoms with Gasteiger partial charge < -0.3 is 20.1 Å². The molecule has 0 heterocycles. The highest BCUT2D eigenvalue weighted by atomic mass is 127. The SMILES string of the molecule is CN=C(NCCOCC1CC1)NCCc1ccc(NC(=O)OC(C)(C)C)cc1.I. The third-order valence-electron chi connectivity index (χ3n) is 4.12. The smallest absolute Gasteiger partial charge is 0.412 e. The van der Waals surface area contributed by atoms with Gasteiger partial charge in [-0.3, -0.25) is 10.3 Å². The molecule has 7 nitrogen and oxygen atoms in total. The molecule has 29 heavy (non-hydrogen) atoms. The summed E-state index contributed by atoms with van der Waals surface area (Å²) in [5.41, 5.74) is 1.38. The molecule has 164 valence electrons. The zero-order chi connectivity index (χ0) is 20.4. The van der Waals surface area contributed by atoms with Gasteiger partial charge in [0.15, 0.2) is 5.96 Å². The Bertz CT molecular complexity index is 640. The van der Waals surface area contributed by atoms with E-state index in [1.807, 2.05) is 45.0 Å². The molecule has 0 bridgehead atoms. The summed E-state index contributed by atoms with van der Waals surface area (Å²) in [5.74, 6) is 1.57. The normalized spacial score (nSPS) is 14.0. The fraction of sp³-hybridized carbons (Fsp3) is 0.619. The van der Waals surface area contributed by atoms with Gasteiger partial charge in [-0.2, -0.15) is 0 Å². The second kappa shape index (κ2) is 12.9. The van der Waals surface area contributed by atoms with Crippen LogP contribution in [0.15, 0.2) is 29.3 Å². The molecule has 1 aromatic carbocycles. The topological polar surface area (TPSA) is 84.0 Å². The van der Waals surface area contributed by atoms with Crippen LogP contribution in [0.3, 0.4) is 0 Å². The number of hydrogen-bond acceptors (Lipinski definition) is 4. The molecule has 1 aliphatic carbocycles. The first-order chi connectivity index (χ1) is 13.4. The zero-order valence-corrected chi connectivity index (χ0v) is 20.2. The van der Waals surface area contributed by atoms with Crippen molar-refractivity contribution in [3.05, 3.63) is 29.8 Å². The van der Waals surface area contributed by atoms with E-state index >= 15 is 0 Å². The highest BCUT2D eigenvalue weighted by Gasteiger charge is 2.20. The lowest BCUT2D eigenvalue weighted by atomic mass is 10.1. The van der Waals surface area contributed by atoms with Gasteiger partial charge in [-0.15, -0.1) is 24.0 Å². The monoisotopic (exact) mass is 518 g/mol. The molecule has 0 unspecified atom stereocenters. The van der Waals surface area contributed by atoms with Crippen molar-refractivity contribution in [2.45, 2.75) is 45.6 Å². The highest BCUT2D eigenvalue weighted by Crippen LogP contribution is 2.28. The van der Waals surface area contributed by atoms with Crippen LogP contribution < -0.4 is 16.0 Å². The molecule has 0 aromatic heterocycles. The maximum absolute atomic E-state index is 11.8. The van der Waals surface area contributed by atoms with E-state index in [0.717, 1.165) is 43.7 Å². The Labute approximate surface area is 191 Å². The van der Waals surface area contributed by atoms with Crippen LogP contribution in [0.4, 0.5) is 10.5 Å². The molecule has 0 aliphatic heterocycles. The molecule has 3 N–H and O–H groups in total. The number of rotatable bonds is 9. The van der Waals surface area contributed by atoms with E-state index in [4.69, 9.17) is 9.47 Å². The molecular formula is C21H35IN4O3. The first-order valence-corrected chi connectivity index (χ1v) is 9.97. The quantitative estimate of drug-likeness (QED) is 0.201. The van der Waals surface area contributed by atoms with Crippen LogP contribution in [0.2, 0.25) is 0 Å². The number of benzene rings is 1. The van der Waals surface area contributed by atoms with Crippen molar-refractivity contribution in [3.8, 4) is 0 Å². The summed E-state index contributed by atoms with van der Waals surface area (Å²) in [6.07, 6.45) is 3.03. The van der Waals surface area contributed by atoms with E-state index in [-0.39, 0.29) is 24.0 Å². The number of anilines is 1. The van der Waals surface area contributed by atoms with Gasteiger partial charge in [0.25, 0.3) is 0 Å². The standard InChI is InChI=1S/C21H34N4O3.HI/c1-21(2,3)28-20(26)25-18-9-7-16(8-10-18)11-12-23-19(22-4)24-13-14-27-15-17-5-6-17;/h7-10,17H,5-6,11-15H2,1-4H3,(H,25,26)(H2,22,23,24);1H. The van der Waals surface area contributed by atoms with Crippen molar-refractivity contribution in [2.24, 2.45) is 10.9 Å². The minimum Gasteiger partial charge on any atom is -0.444 e. The van der Waals surface area contributed by atoms with Crippen LogP contribution in [0.25, 0.3) is 0 Å². The number of nitrogens with one attached hydrogen (secondary N) is 3. The number of carbonyl (C=O) groups excluding carboxylic acids is 1. The summed E-state index contributed by atoms with van der Waals surface area (Å²) < 4.78 is 10.9. The van der Waals surface area contributed by atoms with Gasteiger partial charge in [-0.05, 0) is 63.6 Å². The summed E-state index contributed by atoms with van der Waals surface area (Å²) in [6.45, 7) is 8.61. The Morgan fingerprint density at radius 1 is 1.14 bits per heavy atom. The number of amides is 1.